The van der Waals surface area contributed by atoms with Gasteiger partial charge in [0.15, 0.2) is 0 Å². The van der Waals surface area contributed by atoms with Crippen molar-refractivity contribution in [1.29, 1.82) is 0 Å². The van der Waals surface area contributed by atoms with Crippen LogP contribution in [0.15, 0.2) is 53.4 Å². The van der Waals surface area contributed by atoms with Crippen molar-refractivity contribution in [2.45, 2.75) is 18.4 Å². The van der Waals surface area contributed by atoms with Crippen molar-refractivity contribution in [1.82, 2.24) is 9.62 Å². The summed E-state index contributed by atoms with van der Waals surface area (Å²) in [6.45, 7) is 1.64. The van der Waals surface area contributed by atoms with Crippen LogP contribution in [0.3, 0.4) is 0 Å². The molecule has 3 amide bonds. The molecule has 0 aliphatic rings. The summed E-state index contributed by atoms with van der Waals surface area (Å²) in [6, 6.07) is 12.6. The SMILES string of the molecule is CC(=O)Nc1cccc(NC(=O)NCc2ccc(S(=O)(=O)N(C)C)cc2)c1. The maximum Gasteiger partial charge on any atom is 0.319 e. The highest BCUT2D eigenvalue weighted by Crippen LogP contribution is 2.16. The Balaban J connectivity index is 1.93. The number of nitrogens with zero attached hydrogens (tertiary/aromatic N) is 1. The Morgan fingerprint density at radius 3 is 2.11 bits per heavy atom. The van der Waals surface area contributed by atoms with Gasteiger partial charge in [-0.2, -0.15) is 0 Å². The van der Waals surface area contributed by atoms with Crippen molar-refractivity contribution >= 4 is 33.3 Å². The molecule has 0 heterocycles. The van der Waals surface area contributed by atoms with Gasteiger partial charge in [0.05, 0.1) is 4.90 Å². The molecule has 144 valence electrons. The van der Waals surface area contributed by atoms with Crippen LogP contribution in [0.5, 0.6) is 0 Å². The number of amides is 3. The van der Waals surface area contributed by atoms with Crippen molar-refractivity contribution in [3.8, 4) is 0 Å². The molecule has 2 rings (SSSR count). The largest absolute Gasteiger partial charge is 0.334 e. The fourth-order valence-corrected chi connectivity index (χ4v) is 3.13. The number of anilines is 2. The molecule has 0 atom stereocenters. The van der Waals surface area contributed by atoms with Crippen LogP contribution < -0.4 is 16.0 Å². The van der Waals surface area contributed by atoms with Crippen molar-refractivity contribution in [3.05, 3.63) is 54.1 Å². The van der Waals surface area contributed by atoms with Crippen LogP contribution >= 0.6 is 0 Å². The van der Waals surface area contributed by atoms with Crippen LogP contribution in [0.2, 0.25) is 0 Å². The molecule has 0 saturated carbocycles. The lowest BCUT2D eigenvalue weighted by molar-refractivity contribution is -0.114. The average Bonchev–Trinajstić information content (AvgIpc) is 2.60. The van der Waals surface area contributed by atoms with E-state index in [4.69, 9.17) is 0 Å². The molecule has 0 aliphatic heterocycles. The van der Waals surface area contributed by atoms with Gasteiger partial charge in [-0.05, 0) is 35.9 Å². The number of rotatable bonds is 6. The molecule has 0 bridgehead atoms. The Morgan fingerprint density at radius 1 is 0.963 bits per heavy atom. The van der Waals surface area contributed by atoms with E-state index in [0.717, 1.165) is 9.87 Å². The van der Waals surface area contributed by atoms with E-state index in [-0.39, 0.29) is 17.3 Å². The van der Waals surface area contributed by atoms with E-state index in [0.29, 0.717) is 11.4 Å². The third-order valence-corrected chi connectivity index (χ3v) is 5.43. The van der Waals surface area contributed by atoms with E-state index in [1.165, 1.54) is 33.2 Å². The molecule has 27 heavy (non-hydrogen) atoms. The summed E-state index contributed by atoms with van der Waals surface area (Å²) in [5, 5.41) is 8.00. The summed E-state index contributed by atoms with van der Waals surface area (Å²) >= 11 is 0. The molecule has 2 aromatic rings. The molecule has 0 fully saturated rings. The number of carbonyl (C=O) groups is 2. The quantitative estimate of drug-likeness (QED) is 0.703. The van der Waals surface area contributed by atoms with Gasteiger partial charge in [-0.25, -0.2) is 17.5 Å². The number of carbonyl (C=O) groups excluding carboxylic acids is 2. The maximum absolute atomic E-state index is 12.0. The minimum Gasteiger partial charge on any atom is -0.334 e. The van der Waals surface area contributed by atoms with Gasteiger partial charge >= 0.3 is 6.03 Å². The van der Waals surface area contributed by atoms with Crippen LogP contribution in [-0.4, -0.2) is 38.8 Å². The first kappa shape index (κ1) is 20.4. The standard InChI is InChI=1S/C18H22N4O4S/c1-13(23)20-15-5-4-6-16(11-15)21-18(24)19-12-14-7-9-17(10-8-14)27(25,26)22(2)3/h4-11H,12H2,1-3H3,(H,20,23)(H2,19,21,24). The highest BCUT2D eigenvalue weighted by atomic mass is 32.2. The molecule has 3 N–H and O–H groups in total. The monoisotopic (exact) mass is 390 g/mol. The van der Waals surface area contributed by atoms with Gasteiger partial charge in [0.2, 0.25) is 15.9 Å². The second-order valence-electron chi connectivity index (χ2n) is 6.00. The zero-order valence-electron chi connectivity index (χ0n) is 15.3. The lowest BCUT2D eigenvalue weighted by Crippen LogP contribution is -2.28. The van der Waals surface area contributed by atoms with Crippen LogP contribution in [0.4, 0.5) is 16.2 Å². The lowest BCUT2D eigenvalue weighted by atomic mass is 10.2. The second kappa shape index (κ2) is 8.65. The molecule has 0 saturated heterocycles. The van der Waals surface area contributed by atoms with Crippen molar-refractivity contribution in [2.75, 3.05) is 24.7 Å². The van der Waals surface area contributed by atoms with Gasteiger partial charge in [-0.3, -0.25) is 4.79 Å². The predicted molar refractivity (Wildman–Crippen MR) is 104 cm³/mol. The van der Waals surface area contributed by atoms with Gasteiger partial charge in [-0.15, -0.1) is 0 Å². The van der Waals surface area contributed by atoms with E-state index in [1.54, 1.807) is 36.4 Å². The van der Waals surface area contributed by atoms with Crippen molar-refractivity contribution < 1.29 is 18.0 Å². The van der Waals surface area contributed by atoms with E-state index in [2.05, 4.69) is 16.0 Å². The minimum atomic E-state index is -3.47. The topological polar surface area (TPSA) is 108 Å². The molecule has 0 aliphatic carbocycles. The van der Waals surface area contributed by atoms with Crippen LogP contribution in [0.25, 0.3) is 0 Å². The van der Waals surface area contributed by atoms with Crippen LogP contribution in [-0.2, 0) is 21.4 Å². The highest BCUT2D eigenvalue weighted by Gasteiger charge is 2.16. The molecular formula is C18H22N4O4S. The van der Waals surface area contributed by atoms with Gasteiger partial charge in [-0.1, -0.05) is 18.2 Å². The predicted octanol–water partition coefficient (Wildman–Crippen LogP) is 2.22. The maximum atomic E-state index is 12.0. The number of sulfonamides is 1. The first-order valence-electron chi connectivity index (χ1n) is 8.12. The fraction of sp³-hybridized carbons (Fsp3) is 0.222. The summed E-state index contributed by atoms with van der Waals surface area (Å²) in [6.07, 6.45) is 0. The third kappa shape index (κ3) is 5.80. The number of nitrogens with one attached hydrogen (secondary N) is 3. The second-order valence-corrected chi connectivity index (χ2v) is 8.15. The summed E-state index contributed by atoms with van der Waals surface area (Å²) in [4.78, 5) is 23.3. The number of urea groups is 1. The van der Waals surface area contributed by atoms with Gasteiger partial charge in [0.1, 0.15) is 0 Å². The third-order valence-electron chi connectivity index (χ3n) is 3.60. The highest BCUT2D eigenvalue weighted by molar-refractivity contribution is 7.89. The molecule has 0 aromatic heterocycles. The first-order valence-corrected chi connectivity index (χ1v) is 9.56. The Bertz CT molecular complexity index is 925. The lowest BCUT2D eigenvalue weighted by Gasteiger charge is -2.12. The molecule has 0 unspecified atom stereocenters. The summed E-state index contributed by atoms with van der Waals surface area (Å²) < 4.78 is 25.2. The number of hydrogen-bond donors (Lipinski definition) is 3. The summed E-state index contributed by atoms with van der Waals surface area (Å²) in [5.74, 6) is -0.198. The van der Waals surface area contributed by atoms with E-state index < -0.39 is 16.1 Å². The normalized spacial score (nSPS) is 11.1. The van der Waals surface area contributed by atoms with E-state index in [1.807, 2.05) is 0 Å². The zero-order valence-corrected chi connectivity index (χ0v) is 16.1. The molecular weight excluding hydrogens is 368 g/mol. The van der Waals surface area contributed by atoms with E-state index >= 15 is 0 Å². The number of benzene rings is 2. The molecule has 0 spiro atoms. The van der Waals surface area contributed by atoms with Crippen LogP contribution in [0, 0.1) is 0 Å². The molecule has 2 aromatic carbocycles. The first-order chi connectivity index (χ1) is 12.7. The molecule has 0 radical (unpaired) electrons. The molecule has 8 nitrogen and oxygen atoms in total. The summed E-state index contributed by atoms with van der Waals surface area (Å²) in [5.41, 5.74) is 1.87. The Morgan fingerprint density at radius 2 is 1.56 bits per heavy atom. The number of hydrogen-bond acceptors (Lipinski definition) is 4. The zero-order chi connectivity index (χ0) is 20.0. The Hall–Kier alpha value is -2.91. The minimum absolute atomic E-state index is 0.190. The fourth-order valence-electron chi connectivity index (χ4n) is 2.23. The van der Waals surface area contributed by atoms with Crippen molar-refractivity contribution in [3.63, 3.8) is 0 Å². The van der Waals surface area contributed by atoms with Gasteiger partial charge in [0.25, 0.3) is 0 Å². The Kier molecular flexibility index (Phi) is 6.54. The molecule has 9 heteroatoms. The Labute approximate surface area is 158 Å². The summed E-state index contributed by atoms with van der Waals surface area (Å²) in [7, 11) is -0.538. The van der Waals surface area contributed by atoms with Gasteiger partial charge in [0, 0.05) is 38.9 Å². The smallest absolute Gasteiger partial charge is 0.319 e. The van der Waals surface area contributed by atoms with Crippen molar-refractivity contribution in [2.24, 2.45) is 0 Å². The van der Waals surface area contributed by atoms with E-state index in [9.17, 15) is 18.0 Å². The van der Waals surface area contributed by atoms with Crippen LogP contribution in [0.1, 0.15) is 12.5 Å². The van der Waals surface area contributed by atoms with Gasteiger partial charge < -0.3 is 16.0 Å². The average molecular weight is 390 g/mol.